The molecule has 0 radical (unpaired) electrons. The summed E-state index contributed by atoms with van der Waals surface area (Å²) in [6.45, 7) is 16.7. The van der Waals surface area contributed by atoms with Crippen LogP contribution in [0.15, 0.2) is 43.1 Å². The van der Waals surface area contributed by atoms with Crippen molar-refractivity contribution in [2.24, 2.45) is 5.41 Å². The number of anilines is 5. The van der Waals surface area contributed by atoms with Gasteiger partial charge >= 0.3 is 0 Å². The van der Waals surface area contributed by atoms with Gasteiger partial charge in [-0.05, 0) is 49.7 Å². The second-order valence-electron chi connectivity index (χ2n) is 10.5. The van der Waals surface area contributed by atoms with Crippen LogP contribution in [0, 0.1) is 12.3 Å². The Morgan fingerprint density at radius 1 is 1.11 bits per heavy atom. The van der Waals surface area contributed by atoms with Gasteiger partial charge in [-0.1, -0.05) is 27.4 Å². The van der Waals surface area contributed by atoms with Gasteiger partial charge in [0.1, 0.15) is 5.52 Å². The van der Waals surface area contributed by atoms with Crippen molar-refractivity contribution in [2.45, 2.75) is 27.7 Å². The fraction of sp³-hybridized carbons (Fsp3) is 0.407. The molecule has 1 amide bonds. The van der Waals surface area contributed by atoms with Crippen LogP contribution in [0.5, 0.6) is 0 Å². The normalized spacial score (nSPS) is 14.5. The first-order valence-electron chi connectivity index (χ1n) is 12.3. The highest BCUT2D eigenvalue weighted by Crippen LogP contribution is 2.31. The maximum absolute atomic E-state index is 12.2. The van der Waals surface area contributed by atoms with Crippen molar-refractivity contribution in [1.29, 1.82) is 0 Å². The number of aryl methyl sites for hydroxylation is 1. The topological polar surface area (TPSA) is 98.3 Å². The lowest BCUT2D eigenvalue weighted by atomic mass is 9.97. The zero-order valence-corrected chi connectivity index (χ0v) is 21.9. The number of likely N-dealkylation sites (N-methyl/N-ethyl adjacent to an activating group) is 1. The highest BCUT2D eigenvalue weighted by Gasteiger charge is 2.17. The third-order valence-corrected chi connectivity index (χ3v) is 6.04. The molecule has 1 aliphatic heterocycles. The van der Waals surface area contributed by atoms with Gasteiger partial charge in [-0.2, -0.15) is 0 Å². The molecular formula is C27H36N8O. The number of amides is 1. The summed E-state index contributed by atoms with van der Waals surface area (Å²) < 4.78 is 0. The minimum absolute atomic E-state index is 0.0929. The second-order valence-corrected chi connectivity index (χ2v) is 10.5. The van der Waals surface area contributed by atoms with Gasteiger partial charge in [0.15, 0.2) is 5.82 Å². The third kappa shape index (κ3) is 6.28. The predicted molar refractivity (Wildman–Crippen MR) is 148 cm³/mol. The summed E-state index contributed by atoms with van der Waals surface area (Å²) in [7, 11) is 2.13. The van der Waals surface area contributed by atoms with Crippen LogP contribution in [0.2, 0.25) is 0 Å². The lowest BCUT2D eigenvalue weighted by Gasteiger charge is -2.34. The Kier molecular flexibility index (Phi) is 7.40. The van der Waals surface area contributed by atoms with Gasteiger partial charge in [0.25, 0.3) is 0 Å². The number of nitrogens with one attached hydrogen (secondary N) is 3. The first kappa shape index (κ1) is 25.4. The zero-order chi connectivity index (χ0) is 25.9. The van der Waals surface area contributed by atoms with E-state index in [0.717, 1.165) is 60.8 Å². The van der Waals surface area contributed by atoms with Crippen LogP contribution in [0.4, 0.5) is 28.8 Å². The van der Waals surface area contributed by atoms with Crippen LogP contribution >= 0.6 is 0 Å². The van der Waals surface area contributed by atoms with E-state index in [1.54, 1.807) is 6.20 Å². The molecule has 36 heavy (non-hydrogen) atoms. The molecule has 9 heteroatoms. The molecule has 0 bridgehead atoms. The zero-order valence-electron chi connectivity index (χ0n) is 21.9. The van der Waals surface area contributed by atoms with Crippen molar-refractivity contribution >= 4 is 45.6 Å². The third-order valence-electron chi connectivity index (χ3n) is 6.04. The number of pyridine rings is 1. The lowest BCUT2D eigenvalue weighted by molar-refractivity contribution is -0.111. The molecule has 1 aromatic carbocycles. The Balaban J connectivity index is 1.65. The SMILES string of the molecule is C=CC(=O)Nc1cc(N2CCN(C)CC2)ccc1Nc1ncc2cc(C)nc(NCC(C)(C)C)c2n1. The summed E-state index contributed by atoms with van der Waals surface area (Å²) >= 11 is 0. The van der Waals surface area contributed by atoms with Gasteiger partial charge < -0.3 is 25.8 Å². The largest absolute Gasteiger partial charge is 0.369 e. The second kappa shape index (κ2) is 10.5. The number of nitrogens with zero attached hydrogens (tertiary/aromatic N) is 5. The summed E-state index contributed by atoms with van der Waals surface area (Å²) in [5.74, 6) is 0.880. The first-order valence-corrected chi connectivity index (χ1v) is 12.3. The molecule has 0 spiro atoms. The average Bonchev–Trinajstić information content (AvgIpc) is 2.83. The number of hydrogen-bond donors (Lipinski definition) is 3. The predicted octanol–water partition coefficient (Wildman–Crippen LogP) is 4.41. The molecule has 3 N–H and O–H groups in total. The number of fused-ring (bicyclic) bond motifs is 1. The fourth-order valence-corrected chi connectivity index (χ4v) is 4.02. The Labute approximate surface area is 213 Å². The number of benzene rings is 1. The standard InChI is InChI=1S/C27H36N8O/c1-7-23(36)31-22-15-20(35-12-10-34(6)11-13-35)8-9-21(22)32-26-28-16-19-14-18(2)30-25(24(19)33-26)29-17-27(3,4)5/h7-9,14-16H,1,10-13,17H2,2-6H3,(H,29,30)(H,31,36)(H,28,32,33). The summed E-state index contributed by atoms with van der Waals surface area (Å²) in [6.07, 6.45) is 3.06. The Morgan fingerprint density at radius 3 is 2.56 bits per heavy atom. The molecule has 4 rings (SSSR count). The Hall–Kier alpha value is -3.72. The van der Waals surface area contributed by atoms with E-state index in [1.165, 1.54) is 6.08 Å². The van der Waals surface area contributed by atoms with E-state index < -0.39 is 0 Å². The van der Waals surface area contributed by atoms with Crippen LogP contribution in [-0.2, 0) is 4.79 Å². The van der Waals surface area contributed by atoms with Gasteiger partial charge in [0, 0.05) is 55.7 Å². The monoisotopic (exact) mass is 488 g/mol. The minimum atomic E-state index is -0.277. The smallest absolute Gasteiger partial charge is 0.247 e. The van der Waals surface area contributed by atoms with Crippen LogP contribution in [0.1, 0.15) is 26.5 Å². The Morgan fingerprint density at radius 2 is 1.86 bits per heavy atom. The molecule has 190 valence electrons. The molecule has 0 atom stereocenters. The van der Waals surface area contributed by atoms with Gasteiger partial charge in [0.2, 0.25) is 11.9 Å². The number of carbonyl (C=O) groups is 1. The van der Waals surface area contributed by atoms with Crippen molar-refractivity contribution in [1.82, 2.24) is 19.9 Å². The maximum atomic E-state index is 12.2. The molecule has 2 aromatic heterocycles. The number of rotatable bonds is 7. The molecule has 0 aliphatic carbocycles. The van der Waals surface area contributed by atoms with Crippen molar-refractivity contribution in [2.75, 3.05) is 60.6 Å². The van der Waals surface area contributed by atoms with Gasteiger partial charge in [0.05, 0.1) is 11.4 Å². The van der Waals surface area contributed by atoms with Crippen LogP contribution in [-0.4, -0.2) is 65.5 Å². The van der Waals surface area contributed by atoms with Crippen LogP contribution in [0.25, 0.3) is 10.9 Å². The summed E-state index contributed by atoms with van der Waals surface area (Å²) in [5, 5.41) is 10.6. The van der Waals surface area contributed by atoms with Crippen LogP contribution < -0.4 is 20.9 Å². The molecular weight excluding hydrogens is 452 g/mol. The molecule has 9 nitrogen and oxygen atoms in total. The maximum Gasteiger partial charge on any atom is 0.247 e. The Bertz CT molecular complexity index is 1260. The number of carbonyl (C=O) groups excluding carboxylic acids is 1. The molecule has 1 saturated heterocycles. The molecule has 1 fully saturated rings. The van der Waals surface area contributed by atoms with E-state index in [2.05, 4.69) is 76.2 Å². The molecule has 3 aromatic rings. The van der Waals surface area contributed by atoms with Gasteiger partial charge in [-0.3, -0.25) is 4.79 Å². The van der Waals surface area contributed by atoms with Gasteiger partial charge in [-0.15, -0.1) is 0 Å². The van der Waals surface area contributed by atoms with E-state index >= 15 is 0 Å². The van der Waals surface area contributed by atoms with Crippen molar-refractivity contribution in [3.05, 3.63) is 48.8 Å². The highest BCUT2D eigenvalue weighted by atomic mass is 16.1. The number of piperazine rings is 1. The van der Waals surface area contributed by atoms with Crippen molar-refractivity contribution < 1.29 is 4.79 Å². The van der Waals surface area contributed by atoms with E-state index in [0.29, 0.717) is 17.3 Å². The molecule has 1 aliphatic rings. The van der Waals surface area contributed by atoms with Gasteiger partial charge in [-0.25, -0.2) is 15.0 Å². The quantitative estimate of drug-likeness (QED) is 0.421. The lowest BCUT2D eigenvalue weighted by Crippen LogP contribution is -2.44. The summed E-state index contributed by atoms with van der Waals surface area (Å²) in [4.78, 5) is 30.8. The van der Waals surface area contributed by atoms with E-state index in [-0.39, 0.29) is 11.3 Å². The van der Waals surface area contributed by atoms with E-state index in [1.807, 2.05) is 25.1 Å². The minimum Gasteiger partial charge on any atom is -0.369 e. The summed E-state index contributed by atoms with van der Waals surface area (Å²) in [5.41, 5.74) is 4.14. The number of aromatic nitrogens is 3. The van der Waals surface area contributed by atoms with E-state index in [9.17, 15) is 4.79 Å². The van der Waals surface area contributed by atoms with Crippen LogP contribution in [0.3, 0.4) is 0 Å². The first-order chi connectivity index (χ1) is 17.1. The molecule has 3 heterocycles. The van der Waals surface area contributed by atoms with E-state index in [4.69, 9.17) is 4.98 Å². The average molecular weight is 489 g/mol. The molecule has 0 unspecified atom stereocenters. The fourth-order valence-electron chi connectivity index (χ4n) is 4.02. The highest BCUT2D eigenvalue weighted by molar-refractivity contribution is 6.02. The van der Waals surface area contributed by atoms with Crippen molar-refractivity contribution in [3.8, 4) is 0 Å². The number of hydrogen-bond acceptors (Lipinski definition) is 8. The van der Waals surface area contributed by atoms with Crippen molar-refractivity contribution in [3.63, 3.8) is 0 Å². The molecule has 0 saturated carbocycles. The summed E-state index contributed by atoms with van der Waals surface area (Å²) in [6, 6.07) is 7.96.